The molecule has 0 saturated heterocycles. The van der Waals surface area contributed by atoms with Crippen molar-refractivity contribution in [2.24, 2.45) is 0 Å². The van der Waals surface area contributed by atoms with Gasteiger partial charge in [0.1, 0.15) is 12.7 Å². The molecule has 28 heavy (non-hydrogen) atoms. The van der Waals surface area contributed by atoms with E-state index in [2.05, 4.69) is 20.4 Å². The number of rotatable bonds is 6. The van der Waals surface area contributed by atoms with Crippen LogP contribution in [0.5, 0.6) is 0 Å². The molecule has 1 N–H and O–H groups in total. The fourth-order valence-electron chi connectivity index (χ4n) is 2.40. The number of nitrogens with one attached hydrogen (secondary N) is 1. The highest BCUT2D eigenvalue weighted by atomic mass is 32.2. The summed E-state index contributed by atoms with van der Waals surface area (Å²) in [5.41, 5.74) is 0.947. The standard InChI is InChI=1S/C18H16F3N5OS/c1-12(13-2-5-15(6-3-13)26-11-22-10-24-26)25-16(27)9-28-17-7-4-14(8-23-17)18(19,20)21/h2-8,10-12H,9H2,1H3,(H,25,27). The smallest absolute Gasteiger partial charge is 0.349 e. The first-order valence-corrected chi connectivity index (χ1v) is 9.22. The Balaban J connectivity index is 1.51. The summed E-state index contributed by atoms with van der Waals surface area (Å²) in [6, 6.07) is 9.48. The molecule has 1 amide bonds. The minimum atomic E-state index is -4.42. The van der Waals surface area contributed by atoms with E-state index in [1.165, 1.54) is 12.4 Å². The van der Waals surface area contributed by atoms with Gasteiger partial charge >= 0.3 is 6.18 Å². The lowest BCUT2D eigenvalue weighted by atomic mass is 10.1. The zero-order valence-electron chi connectivity index (χ0n) is 14.7. The molecule has 0 spiro atoms. The van der Waals surface area contributed by atoms with E-state index in [1.54, 1.807) is 11.0 Å². The molecular formula is C18H16F3N5OS. The van der Waals surface area contributed by atoms with Gasteiger partial charge in [-0.3, -0.25) is 4.79 Å². The van der Waals surface area contributed by atoms with E-state index < -0.39 is 11.7 Å². The number of thioether (sulfide) groups is 1. The van der Waals surface area contributed by atoms with Crippen LogP contribution in [0.15, 0.2) is 60.3 Å². The molecule has 3 aromatic rings. The van der Waals surface area contributed by atoms with Crippen molar-refractivity contribution in [1.82, 2.24) is 25.1 Å². The first-order chi connectivity index (χ1) is 13.3. The van der Waals surface area contributed by atoms with Crippen LogP contribution in [0.1, 0.15) is 24.1 Å². The quantitative estimate of drug-likeness (QED) is 0.632. The summed E-state index contributed by atoms with van der Waals surface area (Å²) in [6.45, 7) is 1.85. The number of hydrogen-bond donors (Lipinski definition) is 1. The molecule has 6 nitrogen and oxygen atoms in total. The molecule has 0 aliphatic rings. The molecule has 0 aliphatic carbocycles. The van der Waals surface area contributed by atoms with Crippen molar-refractivity contribution in [2.75, 3.05) is 5.75 Å². The summed E-state index contributed by atoms with van der Waals surface area (Å²) in [5, 5.41) is 7.25. The number of nitrogens with zero attached hydrogens (tertiary/aromatic N) is 4. The van der Waals surface area contributed by atoms with Crippen LogP contribution in [0, 0.1) is 0 Å². The highest BCUT2D eigenvalue weighted by Gasteiger charge is 2.30. The Morgan fingerprint density at radius 3 is 2.54 bits per heavy atom. The first kappa shape index (κ1) is 19.9. The highest BCUT2D eigenvalue weighted by Crippen LogP contribution is 2.29. The molecule has 0 radical (unpaired) electrons. The molecular weight excluding hydrogens is 391 g/mol. The molecule has 0 bridgehead atoms. The molecule has 0 saturated carbocycles. The summed E-state index contributed by atoms with van der Waals surface area (Å²) >= 11 is 1.08. The molecule has 2 heterocycles. The number of carbonyl (C=O) groups excluding carboxylic acids is 1. The van der Waals surface area contributed by atoms with Crippen LogP contribution in [0.2, 0.25) is 0 Å². The Labute approximate surface area is 163 Å². The summed E-state index contributed by atoms with van der Waals surface area (Å²) in [7, 11) is 0. The van der Waals surface area contributed by atoms with Crippen LogP contribution in [0.4, 0.5) is 13.2 Å². The predicted octanol–water partition coefficient (Wildman–Crippen LogP) is 3.65. The van der Waals surface area contributed by atoms with Gasteiger partial charge in [0, 0.05) is 6.20 Å². The second-order valence-electron chi connectivity index (χ2n) is 5.89. The number of benzene rings is 1. The van der Waals surface area contributed by atoms with Gasteiger partial charge in [-0.15, -0.1) is 0 Å². The number of amides is 1. The van der Waals surface area contributed by atoms with Gasteiger partial charge < -0.3 is 5.32 Å². The van der Waals surface area contributed by atoms with Gasteiger partial charge in [-0.05, 0) is 36.8 Å². The predicted molar refractivity (Wildman–Crippen MR) is 97.9 cm³/mol. The van der Waals surface area contributed by atoms with Crippen LogP contribution in [-0.4, -0.2) is 31.4 Å². The van der Waals surface area contributed by atoms with Gasteiger partial charge in [-0.2, -0.15) is 18.3 Å². The van der Waals surface area contributed by atoms with E-state index in [9.17, 15) is 18.0 Å². The Bertz CT molecular complexity index is 912. The van der Waals surface area contributed by atoms with E-state index in [-0.39, 0.29) is 17.7 Å². The van der Waals surface area contributed by atoms with Crippen LogP contribution >= 0.6 is 11.8 Å². The van der Waals surface area contributed by atoms with E-state index in [0.29, 0.717) is 5.03 Å². The normalized spacial score (nSPS) is 12.6. The second-order valence-corrected chi connectivity index (χ2v) is 6.89. The maximum Gasteiger partial charge on any atom is 0.417 e. The van der Waals surface area contributed by atoms with Crippen LogP contribution in [0.3, 0.4) is 0 Å². The maximum atomic E-state index is 12.5. The molecule has 0 aliphatic heterocycles. The van der Waals surface area contributed by atoms with Crippen molar-refractivity contribution in [3.63, 3.8) is 0 Å². The average molecular weight is 407 g/mol. The molecule has 10 heteroatoms. The minimum Gasteiger partial charge on any atom is -0.349 e. The van der Waals surface area contributed by atoms with Crippen molar-refractivity contribution in [3.05, 3.63) is 66.4 Å². The lowest BCUT2D eigenvalue weighted by Crippen LogP contribution is -2.28. The second kappa shape index (κ2) is 8.42. The van der Waals surface area contributed by atoms with E-state index >= 15 is 0 Å². The zero-order valence-corrected chi connectivity index (χ0v) is 15.5. The Hall–Kier alpha value is -2.88. The van der Waals surface area contributed by atoms with Crippen molar-refractivity contribution in [3.8, 4) is 5.69 Å². The Morgan fingerprint density at radius 2 is 1.96 bits per heavy atom. The minimum absolute atomic E-state index is 0.0553. The van der Waals surface area contributed by atoms with Gasteiger partial charge in [-0.1, -0.05) is 23.9 Å². The van der Waals surface area contributed by atoms with Gasteiger partial charge in [-0.25, -0.2) is 14.6 Å². The third-order valence-corrected chi connectivity index (χ3v) is 4.81. The Kier molecular flexibility index (Phi) is 5.98. The summed E-state index contributed by atoms with van der Waals surface area (Å²) < 4.78 is 39.2. The van der Waals surface area contributed by atoms with Crippen molar-refractivity contribution >= 4 is 17.7 Å². The third kappa shape index (κ3) is 5.10. The van der Waals surface area contributed by atoms with E-state index in [4.69, 9.17) is 0 Å². The van der Waals surface area contributed by atoms with Gasteiger partial charge in [0.15, 0.2) is 0 Å². The fourth-order valence-corrected chi connectivity index (χ4v) is 3.05. The summed E-state index contributed by atoms with van der Waals surface area (Å²) in [5.74, 6) is -0.181. The van der Waals surface area contributed by atoms with Gasteiger partial charge in [0.05, 0.1) is 28.1 Å². The maximum absolute atomic E-state index is 12.5. The van der Waals surface area contributed by atoms with Crippen molar-refractivity contribution < 1.29 is 18.0 Å². The Morgan fingerprint density at radius 1 is 1.21 bits per heavy atom. The molecule has 146 valence electrons. The molecule has 3 rings (SSSR count). The molecule has 1 aromatic carbocycles. The third-order valence-electron chi connectivity index (χ3n) is 3.87. The van der Waals surface area contributed by atoms with E-state index in [1.807, 2.05) is 31.2 Å². The SMILES string of the molecule is CC(NC(=O)CSc1ccc(C(F)(F)F)cn1)c1ccc(-n2cncn2)cc1. The monoisotopic (exact) mass is 407 g/mol. The molecule has 1 atom stereocenters. The first-order valence-electron chi connectivity index (χ1n) is 8.23. The lowest BCUT2D eigenvalue weighted by molar-refractivity contribution is -0.137. The van der Waals surface area contributed by atoms with Crippen molar-refractivity contribution in [2.45, 2.75) is 24.2 Å². The van der Waals surface area contributed by atoms with Gasteiger partial charge in [0.25, 0.3) is 0 Å². The summed E-state index contributed by atoms with van der Waals surface area (Å²) in [4.78, 5) is 19.7. The molecule has 2 aromatic heterocycles. The number of aromatic nitrogens is 4. The van der Waals surface area contributed by atoms with Crippen molar-refractivity contribution in [1.29, 1.82) is 0 Å². The number of alkyl halides is 3. The number of pyridine rings is 1. The van der Waals surface area contributed by atoms with Crippen LogP contribution in [0.25, 0.3) is 5.69 Å². The fraction of sp³-hybridized carbons (Fsp3) is 0.222. The molecule has 1 unspecified atom stereocenters. The summed E-state index contributed by atoms with van der Waals surface area (Å²) in [6.07, 6.45) is -0.626. The number of halogens is 3. The highest BCUT2D eigenvalue weighted by molar-refractivity contribution is 7.99. The average Bonchev–Trinajstić information content (AvgIpc) is 3.21. The number of carbonyl (C=O) groups is 1. The lowest BCUT2D eigenvalue weighted by Gasteiger charge is -2.15. The zero-order chi connectivity index (χ0) is 20.1. The molecule has 0 fully saturated rings. The van der Waals surface area contributed by atoms with Gasteiger partial charge in [0.2, 0.25) is 5.91 Å². The van der Waals surface area contributed by atoms with Crippen LogP contribution in [-0.2, 0) is 11.0 Å². The van der Waals surface area contributed by atoms with Crippen LogP contribution < -0.4 is 5.32 Å². The topological polar surface area (TPSA) is 72.7 Å². The largest absolute Gasteiger partial charge is 0.417 e. The number of hydrogen-bond acceptors (Lipinski definition) is 5. The van der Waals surface area contributed by atoms with E-state index in [0.717, 1.165) is 35.3 Å².